The Labute approximate surface area is 157 Å². The van der Waals surface area contributed by atoms with Gasteiger partial charge >= 0.3 is 0 Å². The van der Waals surface area contributed by atoms with Crippen LogP contribution in [0.2, 0.25) is 5.02 Å². The van der Waals surface area contributed by atoms with E-state index in [2.05, 4.69) is 5.32 Å². The van der Waals surface area contributed by atoms with E-state index in [0.29, 0.717) is 29.7 Å². The standard InChI is InChI=1S/C19H22ClFN2O3/c1-4-26-17-8-5-13(9-18(17)25-3)11-23(2)12-19(24)22-16-10-14(20)6-7-15(16)21/h5-10H,4,11-12H2,1-3H3,(H,22,24)/p+1. The number of quaternary nitrogens is 1. The van der Waals surface area contributed by atoms with Crippen LogP contribution in [0.1, 0.15) is 12.5 Å². The minimum Gasteiger partial charge on any atom is -0.493 e. The van der Waals surface area contributed by atoms with Gasteiger partial charge in [0.15, 0.2) is 18.0 Å². The topological polar surface area (TPSA) is 52.0 Å². The number of hydrogen-bond donors (Lipinski definition) is 2. The van der Waals surface area contributed by atoms with Crippen LogP contribution in [0.5, 0.6) is 11.5 Å². The largest absolute Gasteiger partial charge is 0.493 e. The molecule has 0 aliphatic carbocycles. The van der Waals surface area contributed by atoms with Gasteiger partial charge in [0, 0.05) is 10.6 Å². The van der Waals surface area contributed by atoms with Gasteiger partial charge in [0.1, 0.15) is 12.4 Å². The third-order valence-electron chi connectivity index (χ3n) is 3.70. The van der Waals surface area contributed by atoms with Crippen LogP contribution in [-0.2, 0) is 11.3 Å². The third-order valence-corrected chi connectivity index (χ3v) is 3.93. The lowest BCUT2D eigenvalue weighted by Crippen LogP contribution is -3.08. The van der Waals surface area contributed by atoms with Crippen molar-refractivity contribution in [1.29, 1.82) is 0 Å². The van der Waals surface area contributed by atoms with Crippen molar-refractivity contribution in [1.82, 2.24) is 0 Å². The fourth-order valence-corrected chi connectivity index (χ4v) is 2.74. The summed E-state index contributed by atoms with van der Waals surface area (Å²) in [5.41, 5.74) is 1.09. The maximum Gasteiger partial charge on any atom is 0.279 e. The highest BCUT2D eigenvalue weighted by Crippen LogP contribution is 2.27. The summed E-state index contributed by atoms with van der Waals surface area (Å²) < 4.78 is 24.5. The molecule has 0 radical (unpaired) electrons. The molecule has 0 saturated carbocycles. The van der Waals surface area contributed by atoms with Crippen molar-refractivity contribution in [3.63, 3.8) is 0 Å². The van der Waals surface area contributed by atoms with Crippen molar-refractivity contribution in [2.45, 2.75) is 13.5 Å². The van der Waals surface area contributed by atoms with E-state index in [1.54, 1.807) is 7.11 Å². The first-order valence-electron chi connectivity index (χ1n) is 8.28. The Morgan fingerprint density at radius 2 is 2.00 bits per heavy atom. The summed E-state index contributed by atoms with van der Waals surface area (Å²) in [4.78, 5) is 13.1. The van der Waals surface area contributed by atoms with E-state index >= 15 is 0 Å². The number of ether oxygens (including phenoxy) is 2. The zero-order chi connectivity index (χ0) is 19.1. The molecule has 0 heterocycles. The molecule has 0 aliphatic rings. The smallest absolute Gasteiger partial charge is 0.279 e. The second kappa shape index (κ2) is 9.40. The second-order valence-electron chi connectivity index (χ2n) is 5.90. The van der Waals surface area contributed by atoms with Gasteiger partial charge in [0.2, 0.25) is 0 Å². The molecule has 2 aromatic rings. The minimum atomic E-state index is -0.517. The molecule has 0 bridgehead atoms. The van der Waals surface area contributed by atoms with E-state index in [1.165, 1.54) is 18.2 Å². The molecular weight excluding hydrogens is 359 g/mol. The van der Waals surface area contributed by atoms with Crippen LogP contribution in [0.25, 0.3) is 0 Å². The van der Waals surface area contributed by atoms with Crippen LogP contribution in [0.15, 0.2) is 36.4 Å². The van der Waals surface area contributed by atoms with Gasteiger partial charge in [-0.05, 0) is 43.3 Å². The fourth-order valence-electron chi connectivity index (χ4n) is 2.57. The molecule has 2 N–H and O–H groups in total. The molecule has 5 nitrogen and oxygen atoms in total. The average Bonchev–Trinajstić information content (AvgIpc) is 2.59. The maximum atomic E-state index is 13.7. The van der Waals surface area contributed by atoms with Gasteiger partial charge in [-0.15, -0.1) is 0 Å². The first-order chi connectivity index (χ1) is 12.4. The van der Waals surface area contributed by atoms with Gasteiger partial charge in [0.25, 0.3) is 5.91 Å². The summed E-state index contributed by atoms with van der Waals surface area (Å²) in [6.07, 6.45) is 0. The Morgan fingerprint density at radius 3 is 2.69 bits per heavy atom. The number of carbonyl (C=O) groups is 1. The summed E-state index contributed by atoms with van der Waals surface area (Å²) in [6.45, 7) is 3.25. The van der Waals surface area contributed by atoms with Gasteiger partial charge in [-0.2, -0.15) is 0 Å². The lowest BCUT2D eigenvalue weighted by atomic mass is 10.2. The number of amides is 1. The molecule has 2 rings (SSSR count). The summed E-state index contributed by atoms with van der Waals surface area (Å²) in [5, 5.41) is 2.92. The Morgan fingerprint density at radius 1 is 1.23 bits per heavy atom. The van der Waals surface area contributed by atoms with Gasteiger partial charge in [-0.25, -0.2) is 4.39 Å². The van der Waals surface area contributed by atoms with Crippen LogP contribution < -0.4 is 19.7 Å². The molecule has 1 unspecified atom stereocenters. The maximum absolute atomic E-state index is 13.7. The number of hydrogen-bond acceptors (Lipinski definition) is 3. The first-order valence-corrected chi connectivity index (χ1v) is 8.66. The zero-order valence-corrected chi connectivity index (χ0v) is 15.8. The number of nitrogens with one attached hydrogen (secondary N) is 2. The molecule has 2 aromatic carbocycles. The molecule has 0 fully saturated rings. The minimum absolute atomic E-state index is 0.0815. The van der Waals surface area contributed by atoms with Crippen molar-refractivity contribution in [2.75, 3.05) is 32.6 Å². The summed E-state index contributed by atoms with van der Waals surface area (Å²) in [6, 6.07) is 9.73. The van der Waals surface area contributed by atoms with E-state index < -0.39 is 5.82 Å². The summed E-state index contributed by atoms with van der Waals surface area (Å²) in [5.74, 6) is 0.534. The summed E-state index contributed by atoms with van der Waals surface area (Å²) in [7, 11) is 3.47. The number of methoxy groups -OCH3 is 1. The van der Waals surface area contributed by atoms with Crippen molar-refractivity contribution >= 4 is 23.2 Å². The Bertz CT molecular complexity index is 770. The van der Waals surface area contributed by atoms with Crippen LogP contribution in [0.4, 0.5) is 10.1 Å². The van der Waals surface area contributed by atoms with E-state index in [0.717, 1.165) is 10.5 Å². The lowest BCUT2D eigenvalue weighted by molar-refractivity contribution is -0.885. The average molecular weight is 382 g/mol. The Kier molecular flexibility index (Phi) is 7.24. The highest BCUT2D eigenvalue weighted by molar-refractivity contribution is 6.30. The number of anilines is 1. The molecule has 1 amide bonds. The number of halogens is 2. The van der Waals surface area contributed by atoms with Crippen LogP contribution >= 0.6 is 11.6 Å². The lowest BCUT2D eigenvalue weighted by Gasteiger charge is -2.16. The molecular formula is C19H23ClFN2O3+. The van der Waals surface area contributed by atoms with Gasteiger partial charge in [-0.3, -0.25) is 4.79 Å². The van der Waals surface area contributed by atoms with Crippen molar-refractivity contribution in [3.8, 4) is 11.5 Å². The highest BCUT2D eigenvalue weighted by atomic mass is 35.5. The Hall–Kier alpha value is -2.31. The molecule has 0 spiro atoms. The molecule has 26 heavy (non-hydrogen) atoms. The van der Waals surface area contributed by atoms with Crippen molar-refractivity contribution in [3.05, 3.63) is 52.8 Å². The van der Waals surface area contributed by atoms with Gasteiger partial charge < -0.3 is 19.7 Å². The normalized spacial score (nSPS) is 11.7. The number of rotatable bonds is 8. The number of benzene rings is 2. The van der Waals surface area contributed by atoms with Crippen molar-refractivity contribution in [2.24, 2.45) is 0 Å². The van der Waals surface area contributed by atoms with Gasteiger partial charge in [-0.1, -0.05) is 11.6 Å². The van der Waals surface area contributed by atoms with Crippen LogP contribution in [-0.4, -0.2) is 33.2 Å². The summed E-state index contributed by atoms with van der Waals surface area (Å²) >= 11 is 5.83. The van der Waals surface area contributed by atoms with E-state index in [-0.39, 0.29) is 18.1 Å². The molecule has 0 saturated heterocycles. The SMILES string of the molecule is CCOc1ccc(C[NH+](C)CC(=O)Nc2cc(Cl)ccc2F)cc1OC. The fraction of sp³-hybridized carbons (Fsp3) is 0.316. The highest BCUT2D eigenvalue weighted by Gasteiger charge is 2.14. The molecule has 140 valence electrons. The van der Waals surface area contributed by atoms with Crippen LogP contribution in [0.3, 0.4) is 0 Å². The van der Waals surface area contributed by atoms with E-state index in [4.69, 9.17) is 21.1 Å². The molecule has 0 aromatic heterocycles. The zero-order valence-electron chi connectivity index (χ0n) is 15.1. The van der Waals surface area contributed by atoms with Crippen molar-refractivity contribution < 1.29 is 23.6 Å². The third kappa shape index (κ3) is 5.61. The number of carbonyl (C=O) groups excluding carboxylic acids is 1. The quantitative estimate of drug-likeness (QED) is 0.739. The van der Waals surface area contributed by atoms with Gasteiger partial charge in [0.05, 0.1) is 26.5 Å². The predicted octanol–water partition coefficient (Wildman–Crippen LogP) is 2.54. The molecule has 1 atom stereocenters. The second-order valence-corrected chi connectivity index (χ2v) is 6.34. The first kappa shape index (κ1) is 20.0. The van der Waals surface area contributed by atoms with E-state index in [1.807, 2.05) is 32.2 Å². The molecule has 7 heteroatoms. The van der Waals surface area contributed by atoms with E-state index in [9.17, 15) is 9.18 Å². The number of likely N-dealkylation sites (N-methyl/N-ethyl adjacent to an activating group) is 1. The predicted molar refractivity (Wildman–Crippen MR) is 99.7 cm³/mol. The molecule has 0 aliphatic heterocycles. The Balaban J connectivity index is 1.96. The monoisotopic (exact) mass is 381 g/mol. The van der Waals surface area contributed by atoms with Crippen LogP contribution in [0, 0.1) is 5.82 Å².